The molecule has 28 heavy (non-hydrogen) atoms. The standard InChI is InChI=1S/C21H22N6O/c28-21(23-18-11-10-17(14-22-18)26-12-4-5-13-26)19-20(15-8-9-15)27(25-24-19)16-6-2-1-3-7-16/h1-3,6-7,10-11,14-15H,4-5,8-9,12-13H2,(H,22,23,28). The number of hydrogen-bond donors (Lipinski definition) is 1. The Morgan fingerprint density at radius 2 is 1.79 bits per heavy atom. The number of carbonyl (C=O) groups is 1. The number of nitrogens with zero attached hydrogens (tertiary/aromatic N) is 5. The van der Waals surface area contributed by atoms with Crippen molar-refractivity contribution in [3.63, 3.8) is 0 Å². The van der Waals surface area contributed by atoms with Gasteiger partial charge in [0.05, 0.1) is 23.3 Å². The predicted molar refractivity (Wildman–Crippen MR) is 107 cm³/mol. The van der Waals surface area contributed by atoms with Crippen molar-refractivity contribution in [1.82, 2.24) is 20.0 Å². The molecule has 1 saturated carbocycles. The number of amides is 1. The quantitative estimate of drug-likeness (QED) is 0.741. The first-order valence-corrected chi connectivity index (χ1v) is 9.83. The van der Waals surface area contributed by atoms with Crippen LogP contribution in [0.15, 0.2) is 48.7 Å². The second kappa shape index (κ2) is 7.07. The lowest BCUT2D eigenvalue weighted by Gasteiger charge is -2.17. The lowest BCUT2D eigenvalue weighted by atomic mass is 10.2. The largest absolute Gasteiger partial charge is 0.370 e. The van der Waals surface area contributed by atoms with Crippen molar-refractivity contribution in [1.29, 1.82) is 0 Å². The molecule has 1 saturated heterocycles. The first-order chi connectivity index (χ1) is 13.8. The van der Waals surface area contributed by atoms with E-state index in [2.05, 4.69) is 25.5 Å². The van der Waals surface area contributed by atoms with Crippen LogP contribution in [0.3, 0.4) is 0 Å². The second-order valence-corrected chi connectivity index (χ2v) is 7.39. The van der Waals surface area contributed by atoms with E-state index in [1.165, 1.54) is 12.8 Å². The van der Waals surface area contributed by atoms with Crippen LogP contribution in [0.5, 0.6) is 0 Å². The van der Waals surface area contributed by atoms with Gasteiger partial charge in [0.25, 0.3) is 5.91 Å². The SMILES string of the molecule is O=C(Nc1ccc(N2CCCC2)cn1)c1nnn(-c2ccccc2)c1C1CC1. The van der Waals surface area contributed by atoms with E-state index in [4.69, 9.17) is 0 Å². The van der Waals surface area contributed by atoms with Crippen molar-refractivity contribution in [3.8, 4) is 5.69 Å². The smallest absolute Gasteiger partial charge is 0.279 e. The molecule has 5 rings (SSSR count). The molecule has 1 amide bonds. The molecule has 3 aromatic rings. The zero-order valence-corrected chi connectivity index (χ0v) is 15.6. The van der Waals surface area contributed by atoms with Gasteiger partial charge in [-0.05, 0) is 49.9 Å². The van der Waals surface area contributed by atoms with Gasteiger partial charge >= 0.3 is 0 Å². The number of rotatable bonds is 5. The average molecular weight is 374 g/mol. The van der Waals surface area contributed by atoms with Gasteiger partial charge in [-0.3, -0.25) is 4.79 Å². The van der Waals surface area contributed by atoms with E-state index in [0.29, 0.717) is 17.4 Å². The zero-order valence-electron chi connectivity index (χ0n) is 15.6. The summed E-state index contributed by atoms with van der Waals surface area (Å²) >= 11 is 0. The van der Waals surface area contributed by atoms with Gasteiger partial charge in [-0.25, -0.2) is 9.67 Å². The number of hydrogen-bond acceptors (Lipinski definition) is 5. The number of pyridine rings is 1. The number of carbonyl (C=O) groups excluding carboxylic acids is 1. The molecule has 2 aliphatic rings. The minimum absolute atomic E-state index is 0.259. The summed E-state index contributed by atoms with van der Waals surface area (Å²) in [4.78, 5) is 19.6. The maximum atomic E-state index is 12.9. The van der Waals surface area contributed by atoms with E-state index in [-0.39, 0.29) is 5.91 Å². The monoisotopic (exact) mass is 374 g/mol. The Kier molecular flexibility index (Phi) is 4.27. The molecule has 0 bridgehead atoms. The van der Waals surface area contributed by atoms with Crippen LogP contribution >= 0.6 is 0 Å². The summed E-state index contributed by atoms with van der Waals surface area (Å²) in [7, 11) is 0. The number of nitrogens with one attached hydrogen (secondary N) is 1. The molecular formula is C21H22N6O. The Balaban J connectivity index is 1.37. The molecule has 0 atom stereocenters. The van der Waals surface area contributed by atoms with Crippen molar-refractivity contribution in [2.45, 2.75) is 31.6 Å². The maximum Gasteiger partial charge on any atom is 0.279 e. The Labute approximate surface area is 163 Å². The highest BCUT2D eigenvalue weighted by atomic mass is 16.2. The molecule has 0 radical (unpaired) electrons. The topological polar surface area (TPSA) is 75.9 Å². The molecule has 1 aromatic carbocycles. The minimum Gasteiger partial charge on any atom is -0.370 e. The van der Waals surface area contributed by atoms with Gasteiger partial charge in [0.2, 0.25) is 0 Å². The molecule has 1 aliphatic carbocycles. The number of para-hydroxylation sites is 1. The summed E-state index contributed by atoms with van der Waals surface area (Å²) in [5.74, 6) is 0.607. The van der Waals surface area contributed by atoms with Crippen molar-refractivity contribution < 1.29 is 4.79 Å². The molecule has 7 heteroatoms. The third-order valence-corrected chi connectivity index (χ3v) is 5.35. The molecule has 1 aliphatic heterocycles. The molecule has 2 aromatic heterocycles. The molecule has 2 fully saturated rings. The van der Waals surface area contributed by atoms with E-state index in [1.807, 2.05) is 48.7 Å². The normalized spacial score (nSPS) is 16.4. The highest BCUT2D eigenvalue weighted by molar-refractivity contribution is 6.03. The van der Waals surface area contributed by atoms with Gasteiger partial charge in [-0.2, -0.15) is 0 Å². The predicted octanol–water partition coefficient (Wildman–Crippen LogP) is 3.39. The molecule has 0 spiro atoms. The maximum absolute atomic E-state index is 12.9. The van der Waals surface area contributed by atoms with Gasteiger partial charge < -0.3 is 10.2 Å². The van der Waals surface area contributed by atoms with Crippen LogP contribution in [0.25, 0.3) is 5.69 Å². The number of aromatic nitrogens is 4. The Bertz CT molecular complexity index is 972. The summed E-state index contributed by atoms with van der Waals surface area (Å²) in [6.45, 7) is 2.14. The first-order valence-electron chi connectivity index (χ1n) is 9.83. The summed E-state index contributed by atoms with van der Waals surface area (Å²) in [6, 6.07) is 13.7. The van der Waals surface area contributed by atoms with E-state index >= 15 is 0 Å². The van der Waals surface area contributed by atoms with Crippen LogP contribution in [-0.2, 0) is 0 Å². The summed E-state index contributed by atoms with van der Waals surface area (Å²) in [5, 5.41) is 11.3. The lowest BCUT2D eigenvalue weighted by molar-refractivity contribution is 0.102. The van der Waals surface area contributed by atoms with E-state index in [9.17, 15) is 4.79 Å². The van der Waals surface area contributed by atoms with Crippen LogP contribution in [0.2, 0.25) is 0 Å². The van der Waals surface area contributed by atoms with Gasteiger partial charge in [-0.1, -0.05) is 23.4 Å². The van der Waals surface area contributed by atoms with Gasteiger partial charge in [0.1, 0.15) is 5.82 Å². The van der Waals surface area contributed by atoms with Crippen LogP contribution in [0, 0.1) is 0 Å². The lowest BCUT2D eigenvalue weighted by Crippen LogP contribution is -2.19. The van der Waals surface area contributed by atoms with Gasteiger partial charge in [-0.15, -0.1) is 5.10 Å². The summed E-state index contributed by atoms with van der Waals surface area (Å²) < 4.78 is 1.79. The van der Waals surface area contributed by atoms with Crippen LogP contribution in [0.4, 0.5) is 11.5 Å². The molecule has 3 heterocycles. The van der Waals surface area contributed by atoms with Crippen molar-refractivity contribution in [3.05, 3.63) is 60.0 Å². The molecule has 0 unspecified atom stereocenters. The highest BCUT2D eigenvalue weighted by Crippen LogP contribution is 2.42. The minimum atomic E-state index is -0.259. The third kappa shape index (κ3) is 3.24. The number of anilines is 2. The van der Waals surface area contributed by atoms with Crippen LogP contribution in [-0.4, -0.2) is 39.0 Å². The van der Waals surface area contributed by atoms with Crippen molar-refractivity contribution in [2.24, 2.45) is 0 Å². The molecule has 7 nitrogen and oxygen atoms in total. The van der Waals surface area contributed by atoms with E-state index in [1.54, 1.807) is 4.68 Å². The fraction of sp³-hybridized carbons (Fsp3) is 0.333. The van der Waals surface area contributed by atoms with Crippen molar-refractivity contribution in [2.75, 3.05) is 23.3 Å². The van der Waals surface area contributed by atoms with Crippen LogP contribution in [0.1, 0.15) is 47.8 Å². The fourth-order valence-corrected chi connectivity index (χ4v) is 3.73. The Hall–Kier alpha value is -3.22. The summed E-state index contributed by atoms with van der Waals surface area (Å²) in [6.07, 6.45) is 6.38. The van der Waals surface area contributed by atoms with E-state index < -0.39 is 0 Å². The average Bonchev–Trinajstić information content (AvgIpc) is 3.25. The number of benzene rings is 1. The van der Waals surface area contributed by atoms with Gasteiger partial charge in [0, 0.05) is 19.0 Å². The Morgan fingerprint density at radius 1 is 1.00 bits per heavy atom. The Morgan fingerprint density at radius 3 is 2.46 bits per heavy atom. The van der Waals surface area contributed by atoms with Crippen LogP contribution < -0.4 is 10.2 Å². The molecular weight excluding hydrogens is 352 g/mol. The molecule has 142 valence electrons. The first kappa shape index (κ1) is 16.9. The summed E-state index contributed by atoms with van der Waals surface area (Å²) in [5.41, 5.74) is 3.29. The van der Waals surface area contributed by atoms with Gasteiger partial charge in [0.15, 0.2) is 5.69 Å². The zero-order chi connectivity index (χ0) is 18.9. The van der Waals surface area contributed by atoms with Crippen molar-refractivity contribution >= 4 is 17.4 Å². The fourth-order valence-electron chi connectivity index (χ4n) is 3.73. The highest BCUT2D eigenvalue weighted by Gasteiger charge is 2.34. The second-order valence-electron chi connectivity index (χ2n) is 7.39. The van der Waals surface area contributed by atoms with E-state index in [0.717, 1.165) is 43.0 Å². The molecule has 1 N–H and O–H groups in total. The third-order valence-electron chi connectivity index (χ3n) is 5.35.